The molecule has 6 fully saturated rings. The predicted molar refractivity (Wildman–Crippen MR) is 294 cm³/mol. The van der Waals surface area contributed by atoms with Crippen molar-refractivity contribution in [3.05, 3.63) is 95.8 Å². The van der Waals surface area contributed by atoms with Crippen molar-refractivity contribution < 1.29 is 89.2 Å². The van der Waals surface area contributed by atoms with Crippen LogP contribution in [0.1, 0.15) is 168 Å². The molecule has 66 heavy (non-hydrogen) atoms. The first-order chi connectivity index (χ1) is 31.2. The van der Waals surface area contributed by atoms with Crippen LogP contribution in [0, 0.1) is 31.1 Å². The van der Waals surface area contributed by atoms with Gasteiger partial charge in [-0.1, -0.05) is 109 Å². The van der Waals surface area contributed by atoms with Gasteiger partial charge in [0.25, 0.3) is 0 Å². The van der Waals surface area contributed by atoms with Crippen LogP contribution < -0.4 is 5.44 Å². The van der Waals surface area contributed by atoms with Crippen LogP contribution in [0.4, 0.5) is 0 Å². The molecule has 12 atom stereocenters. The SMILES string of the molecule is CC1CCC(C)P1[C-]=C(c1[c-]cccc1)P1C(C)CCC1C.CC1CCC(C)P1c1[c-]c2ccccc2n1P1C(C)CCC1C.[3H][C-]=C(C(=[C-][3H])P1C(C)CCC1C)P1C(C)CCC1C.[W].[Y].[Y]. The molecule has 3 aromatic rings. The average molecular weight is 1320 g/mol. The third kappa shape index (κ3) is 13.9. The van der Waals surface area contributed by atoms with Crippen molar-refractivity contribution in [2.75, 3.05) is 0 Å². The van der Waals surface area contributed by atoms with Gasteiger partial charge in [0, 0.05) is 86.5 Å². The fourth-order valence-electron chi connectivity index (χ4n) is 12.1. The zero-order chi connectivity index (χ0) is 46.7. The van der Waals surface area contributed by atoms with Crippen molar-refractivity contribution in [2.45, 2.75) is 228 Å². The molecule has 6 aliphatic heterocycles. The van der Waals surface area contributed by atoms with Crippen molar-refractivity contribution >= 4 is 69.3 Å². The monoisotopic (exact) mass is 1320 g/mol. The molecular weight excluding hydrogens is 1230 g/mol. The summed E-state index contributed by atoms with van der Waals surface area (Å²) in [7, 11) is -0.938. The summed E-state index contributed by atoms with van der Waals surface area (Å²) in [6, 6.07) is 25.0. The first kappa shape index (κ1) is 57.9. The number of nitrogens with zero attached hydrogens (tertiary/aromatic N) is 1. The fraction of sp³-hybridized carbons (Fsp3) is 0.643. The molecule has 7 heterocycles. The van der Waals surface area contributed by atoms with E-state index in [0.717, 1.165) is 55.9 Å². The van der Waals surface area contributed by atoms with Gasteiger partial charge in [0.1, 0.15) is 0 Å². The van der Waals surface area contributed by atoms with Crippen molar-refractivity contribution in [3.63, 3.8) is 0 Å². The van der Waals surface area contributed by atoms with E-state index in [4.69, 9.17) is 2.74 Å². The normalized spacial score (nSPS) is 39.4. The van der Waals surface area contributed by atoms with Crippen LogP contribution in [-0.4, -0.2) is 72.2 Å². The van der Waals surface area contributed by atoms with Gasteiger partial charge in [-0.15, -0.1) is 20.9 Å². The number of para-hydroxylation sites is 1. The minimum Gasteiger partial charge on any atom is -0.386 e. The second-order valence-electron chi connectivity index (χ2n) is 20.8. The van der Waals surface area contributed by atoms with Crippen LogP contribution >= 0.6 is 47.7 Å². The maximum Gasteiger partial charge on any atom is 0 e. The predicted octanol–water partition coefficient (Wildman–Crippen LogP) is 18.3. The van der Waals surface area contributed by atoms with Crippen LogP contribution in [0.5, 0.6) is 0 Å². The third-order valence-corrected chi connectivity index (χ3v) is 35.3. The molecule has 6 aliphatic rings. The smallest absolute Gasteiger partial charge is 0 e. The van der Waals surface area contributed by atoms with Crippen molar-refractivity contribution in [2.24, 2.45) is 0 Å². The van der Waals surface area contributed by atoms with Crippen LogP contribution in [-0.2, 0) is 86.5 Å². The summed E-state index contributed by atoms with van der Waals surface area (Å²) in [5, 5.41) is 5.09. The van der Waals surface area contributed by atoms with Gasteiger partial charge in [0.15, 0.2) is 0 Å². The Bertz CT molecular complexity index is 2020. The summed E-state index contributed by atoms with van der Waals surface area (Å²) in [6.45, 7) is 34.6. The van der Waals surface area contributed by atoms with E-state index in [1.54, 1.807) is 10.7 Å². The summed E-state index contributed by atoms with van der Waals surface area (Å²) < 4.78 is 18.5. The molecule has 9 rings (SSSR count). The number of hydrogen-bond acceptors (Lipinski definition) is 0. The molecule has 0 N–H and O–H groups in total. The van der Waals surface area contributed by atoms with Gasteiger partial charge < -0.3 is 28.1 Å². The van der Waals surface area contributed by atoms with E-state index in [1.165, 1.54) is 93.5 Å². The number of allylic oxidation sites excluding steroid dienone is 2. The van der Waals surface area contributed by atoms with Gasteiger partial charge in [0.05, 0.1) is 0 Å². The molecule has 0 saturated carbocycles. The Hall–Kier alpha value is 2.68. The first-order valence-corrected chi connectivity index (χ1v) is 33.9. The number of benzene rings is 2. The molecule has 0 aliphatic carbocycles. The fourth-order valence-corrected chi connectivity index (χ4v) is 31.8. The number of aromatic nitrogens is 1. The largest absolute Gasteiger partial charge is 0.386 e. The molecule has 0 bridgehead atoms. The second-order valence-corrected chi connectivity index (χ2v) is 38.6. The molecule has 0 amide bonds. The molecule has 0 spiro atoms. The van der Waals surface area contributed by atoms with Gasteiger partial charge in [-0.2, -0.15) is 55.3 Å². The zero-order valence-corrected chi connectivity index (χ0v) is 56.7. The standard InChI is InChI=1S/C20H28NP2.C20H28P2.C16H26P2.W.2Y/c1-14-9-10-15(2)22(14)20-13-18-7-5-6-8-19(18)21(20)23-16(3)11-12-17(23)4;1-15-10-11-16(2)21(15)14-20(19-8-6-5-7-9-19)22-17(3)12-13-18(22)4;1-11-7-8-12(2)17(11)15(5)16(6)18-13(3)9-10-14(18)4;;;/h5-8,14-17H,9-12H2,1-4H3;5-8,15-18H,10-13H2,1-4H3;5-6,11-14H,7-10H2,1-4H3;;;/q-1;2*-2;;;/i;;5T,6T;;;. The van der Waals surface area contributed by atoms with E-state index in [0.29, 0.717) is 22.6 Å². The Morgan fingerprint density at radius 1 is 0.545 bits per heavy atom. The summed E-state index contributed by atoms with van der Waals surface area (Å²) in [5.41, 5.74) is 14.0. The number of fused-ring (bicyclic) bond motifs is 1. The Morgan fingerprint density at radius 2 is 0.955 bits per heavy atom. The van der Waals surface area contributed by atoms with Gasteiger partial charge in [-0.25, -0.2) is 12.1 Å². The molecule has 2 aromatic carbocycles. The summed E-state index contributed by atoms with van der Waals surface area (Å²) >= 11 is 0. The molecule has 358 valence electrons. The van der Waals surface area contributed by atoms with Crippen LogP contribution in [0.2, 0.25) is 0 Å². The number of rotatable bonds is 8. The van der Waals surface area contributed by atoms with E-state index < -0.39 is 0 Å². The quantitative estimate of drug-likeness (QED) is 0.120. The van der Waals surface area contributed by atoms with Gasteiger partial charge in [-0.3, -0.25) is 16.7 Å². The Kier molecular flexibility index (Phi) is 24.6. The van der Waals surface area contributed by atoms with E-state index in [-0.39, 0.29) is 134 Å². The minimum atomic E-state index is -0.316. The van der Waals surface area contributed by atoms with E-state index in [2.05, 4.69) is 167 Å². The molecule has 2 radical (unpaired) electrons. The Balaban J connectivity index is 0.000000218. The molecule has 12 unspecified atom stereocenters. The Morgan fingerprint density at radius 3 is 1.41 bits per heavy atom. The van der Waals surface area contributed by atoms with Crippen molar-refractivity contribution in [1.29, 1.82) is 0 Å². The van der Waals surface area contributed by atoms with E-state index >= 15 is 0 Å². The first-order valence-electron chi connectivity index (χ1n) is 26.1. The Labute approximate surface area is 481 Å². The van der Waals surface area contributed by atoms with Crippen molar-refractivity contribution in [1.82, 2.24) is 4.34 Å². The van der Waals surface area contributed by atoms with Gasteiger partial charge in [0.2, 0.25) is 0 Å². The maximum absolute atomic E-state index is 7.83. The van der Waals surface area contributed by atoms with Crippen LogP contribution in [0.3, 0.4) is 0 Å². The number of hydrogen-bond donors (Lipinski definition) is 0. The molecule has 6 saturated heterocycles. The second kappa shape index (κ2) is 28.0. The molecule has 1 aromatic heterocycles. The summed E-state index contributed by atoms with van der Waals surface area (Å²) in [6.07, 6.45) is 16.3. The average Bonchev–Trinajstić information content (AvgIpc) is 4.18. The topological polar surface area (TPSA) is 4.93 Å². The third-order valence-electron chi connectivity index (χ3n) is 15.9. The molecular formula is C56H82NP6WY2-5. The summed E-state index contributed by atoms with van der Waals surface area (Å²) in [4.78, 5) is 0. The zero-order valence-electron chi connectivity index (χ0n) is 44.7. The molecule has 10 heteroatoms. The van der Waals surface area contributed by atoms with Crippen molar-refractivity contribution in [3.8, 4) is 0 Å². The maximum atomic E-state index is 7.83. The summed E-state index contributed by atoms with van der Waals surface area (Å²) in [5.74, 6) is 4.11. The van der Waals surface area contributed by atoms with E-state index in [9.17, 15) is 0 Å². The van der Waals surface area contributed by atoms with Gasteiger partial charge >= 0.3 is 0 Å². The van der Waals surface area contributed by atoms with E-state index in [1.807, 2.05) is 0 Å². The molecule has 1 nitrogen and oxygen atoms in total. The minimum absolute atomic E-state index is 0. The van der Waals surface area contributed by atoms with Crippen LogP contribution in [0.25, 0.3) is 16.2 Å². The van der Waals surface area contributed by atoms with Crippen LogP contribution in [0.15, 0.2) is 59.2 Å². The van der Waals surface area contributed by atoms with Gasteiger partial charge in [-0.05, 0) is 158 Å².